The number of carbonyl (C=O) groups is 3. The first-order chi connectivity index (χ1) is 12.1. The number of carbonyl (C=O) groups excluding carboxylic acids is 3. The lowest BCUT2D eigenvalue weighted by Crippen LogP contribution is -2.51. The van der Waals surface area contributed by atoms with Gasteiger partial charge in [-0.1, -0.05) is 23.7 Å². The number of hydrogen-bond donors (Lipinski definition) is 2. The first kappa shape index (κ1) is 17.0. The van der Waals surface area contributed by atoms with Gasteiger partial charge in [-0.2, -0.15) is 0 Å². The van der Waals surface area contributed by atoms with E-state index in [1.807, 2.05) is 0 Å². The highest BCUT2D eigenvalue weighted by Crippen LogP contribution is 2.20. The van der Waals surface area contributed by atoms with Crippen LogP contribution in [0.1, 0.15) is 33.8 Å². The number of amides is 3. The van der Waals surface area contributed by atoms with Gasteiger partial charge >= 0.3 is 0 Å². The molecular weight excluding hydrogens is 346 g/mol. The lowest BCUT2D eigenvalue weighted by Gasteiger charge is -2.23. The van der Waals surface area contributed by atoms with Gasteiger partial charge in [0.25, 0.3) is 17.7 Å². The molecule has 2 N–H and O–H groups in total. The standard InChI is InChI=1S/C17H16ClN3O4/c18-12-6-2-1-5-11(12)15(22)19-20-16(23)13-7-3-9-21(13)17(24)14-8-4-10-25-14/h1-2,4-6,8,10,13H,3,7,9H2,(H,19,22)(H,20,23). The summed E-state index contributed by atoms with van der Waals surface area (Å²) < 4.78 is 5.10. The molecule has 2 heterocycles. The maximum atomic E-state index is 12.4. The molecule has 8 heteroatoms. The van der Waals surface area contributed by atoms with Gasteiger partial charge < -0.3 is 9.32 Å². The molecule has 130 valence electrons. The quantitative estimate of drug-likeness (QED) is 0.818. The summed E-state index contributed by atoms with van der Waals surface area (Å²) in [7, 11) is 0. The van der Waals surface area contributed by atoms with Crippen molar-refractivity contribution >= 4 is 29.3 Å². The molecule has 1 aromatic carbocycles. The topological polar surface area (TPSA) is 91.7 Å². The molecule has 1 saturated heterocycles. The number of hydrogen-bond acceptors (Lipinski definition) is 4. The normalized spacial score (nSPS) is 16.5. The minimum absolute atomic E-state index is 0.180. The van der Waals surface area contributed by atoms with Crippen LogP contribution in [0, 0.1) is 0 Å². The summed E-state index contributed by atoms with van der Waals surface area (Å²) in [6.07, 6.45) is 2.62. The highest BCUT2D eigenvalue weighted by molar-refractivity contribution is 6.33. The molecule has 7 nitrogen and oxygen atoms in total. The summed E-state index contributed by atoms with van der Waals surface area (Å²) in [5.41, 5.74) is 4.93. The van der Waals surface area contributed by atoms with Crippen LogP contribution in [-0.4, -0.2) is 35.2 Å². The maximum absolute atomic E-state index is 12.4. The maximum Gasteiger partial charge on any atom is 0.290 e. The van der Waals surface area contributed by atoms with E-state index in [2.05, 4.69) is 10.9 Å². The molecule has 1 aliphatic heterocycles. The van der Waals surface area contributed by atoms with Crippen molar-refractivity contribution < 1.29 is 18.8 Å². The van der Waals surface area contributed by atoms with E-state index in [1.165, 1.54) is 11.2 Å². The summed E-state index contributed by atoms with van der Waals surface area (Å²) in [6.45, 7) is 0.454. The second kappa shape index (κ2) is 7.40. The van der Waals surface area contributed by atoms with Crippen LogP contribution in [0.25, 0.3) is 0 Å². The van der Waals surface area contributed by atoms with Crippen LogP contribution in [0.4, 0.5) is 0 Å². The van der Waals surface area contributed by atoms with Crippen molar-refractivity contribution in [3.63, 3.8) is 0 Å². The summed E-state index contributed by atoms with van der Waals surface area (Å²) in [5.74, 6) is -1.15. The van der Waals surface area contributed by atoms with Crippen LogP contribution in [0.5, 0.6) is 0 Å². The Bertz CT molecular complexity index is 791. The Labute approximate surface area is 148 Å². The van der Waals surface area contributed by atoms with Gasteiger partial charge in [-0.3, -0.25) is 25.2 Å². The predicted molar refractivity (Wildman–Crippen MR) is 89.8 cm³/mol. The largest absolute Gasteiger partial charge is 0.459 e. The van der Waals surface area contributed by atoms with Gasteiger partial charge in [0.1, 0.15) is 6.04 Å². The van der Waals surface area contributed by atoms with E-state index in [1.54, 1.807) is 36.4 Å². The molecule has 0 radical (unpaired) electrons. The Kier molecular flexibility index (Phi) is 5.04. The molecular formula is C17H16ClN3O4. The zero-order valence-corrected chi connectivity index (χ0v) is 14.0. The van der Waals surface area contributed by atoms with Crippen molar-refractivity contribution in [1.82, 2.24) is 15.8 Å². The molecule has 1 aromatic heterocycles. The summed E-state index contributed by atoms with van der Waals surface area (Å²) >= 11 is 5.95. The number of benzene rings is 1. The summed E-state index contributed by atoms with van der Waals surface area (Å²) in [4.78, 5) is 38.3. The molecule has 3 amide bonds. The highest BCUT2D eigenvalue weighted by atomic mass is 35.5. The van der Waals surface area contributed by atoms with Crippen LogP contribution >= 0.6 is 11.6 Å². The van der Waals surface area contributed by atoms with E-state index < -0.39 is 17.9 Å². The second-order valence-corrected chi connectivity index (χ2v) is 5.96. The predicted octanol–water partition coefficient (Wildman–Crippen LogP) is 2.00. The molecule has 0 aliphatic carbocycles. The molecule has 3 rings (SSSR count). The van der Waals surface area contributed by atoms with E-state index in [9.17, 15) is 14.4 Å². The van der Waals surface area contributed by atoms with Gasteiger partial charge in [0.05, 0.1) is 16.8 Å². The summed E-state index contributed by atoms with van der Waals surface area (Å²) in [5, 5.41) is 0.282. The van der Waals surface area contributed by atoms with E-state index in [-0.39, 0.29) is 22.3 Å². The Balaban J connectivity index is 1.62. The van der Waals surface area contributed by atoms with Crippen molar-refractivity contribution in [3.05, 3.63) is 59.0 Å². The third-order valence-electron chi connectivity index (χ3n) is 3.97. The number of likely N-dealkylation sites (tertiary alicyclic amines) is 1. The zero-order valence-electron chi connectivity index (χ0n) is 13.2. The average Bonchev–Trinajstić information content (AvgIpc) is 3.30. The Morgan fingerprint density at radius 2 is 1.92 bits per heavy atom. The van der Waals surface area contributed by atoms with Crippen molar-refractivity contribution in [2.45, 2.75) is 18.9 Å². The van der Waals surface area contributed by atoms with Gasteiger partial charge in [0.15, 0.2) is 5.76 Å². The van der Waals surface area contributed by atoms with Crippen LogP contribution in [0.2, 0.25) is 5.02 Å². The molecule has 0 spiro atoms. The number of rotatable bonds is 3. The zero-order chi connectivity index (χ0) is 17.8. The first-order valence-corrected chi connectivity index (χ1v) is 8.15. The molecule has 1 aliphatic rings. The Morgan fingerprint density at radius 1 is 1.12 bits per heavy atom. The highest BCUT2D eigenvalue weighted by Gasteiger charge is 2.35. The number of hydrazine groups is 1. The molecule has 1 unspecified atom stereocenters. The third kappa shape index (κ3) is 3.66. The molecule has 2 aromatic rings. The fourth-order valence-electron chi connectivity index (χ4n) is 2.74. The Hall–Kier alpha value is -2.80. The van der Waals surface area contributed by atoms with E-state index in [0.29, 0.717) is 19.4 Å². The smallest absolute Gasteiger partial charge is 0.290 e. The van der Waals surface area contributed by atoms with Crippen molar-refractivity contribution in [2.75, 3.05) is 6.54 Å². The summed E-state index contributed by atoms with van der Waals surface area (Å²) in [6, 6.07) is 9.00. The minimum atomic E-state index is -0.663. The van der Waals surface area contributed by atoms with Gasteiger partial charge in [-0.05, 0) is 37.1 Å². The van der Waals surface area contributed by atoms with E-state index in [0.717, 1.165) is 0 Å². The molecule has 0 saturated carbocycles. The SMILES string of the molecule is O=C(NNC(=O)C1CCCN1C(=O)c1ccco1)c1ccccc1Cl. The van der Waals surface area contributed by atoms with E-state index >= 15 is 0 Å². The molecule has 1 atom stereocenters. The van der Waals surface area contributed by atoms with Crippen molar-refractivity contribution in [3.8, 4) is 0 Å². The number of nitrogens with one attached hydrogen (secondary N) is 2. The number of halogens is 1. The molecule has 0 bridgehead atoms. The second-order valence-electron chi connectivity index (χ2n) is 5.56. The fraction of sp³-hybridized carbons (Fsp3) is 0.235. The number of furan rings is 1. The molecule has 1 fully saturated rings. The fourth-order valence-corrected chi connectivity index (χ4v) is 2.96. The minimum Gasteiger partial charge on any atom is -0.459 e. The van der Waals surface area contributed by atoms with Gasteiger partial charge in [0.2, 0.25) is 0 Å². The van der Waals surface area contributed by atoms with Crippen LogP contribution in [-0.2, 0) is 4.79 Å². The van der Waals surface area contributed by atoms with Gasteiger partial charge in [-0.15, -0.1) is 0 Å². The van der Waals surface area contributed by atoms with E-state index in [4.69, 9.17) is 16.0 Å². The van der Waals surface area contributed by atoms with Crippen LogP contribution < -0.4 is 10.9 Å². The first-order valence-electron chi connectivity index (χ1n) is 7.77. The lowest BCUT2D eigenvalue weighted by atomic mass is 10.2. The van der Waals surface area contributed by atoms with Gasteiger partial charge in [0, 0.05) is 6.54 Å². The van der Waals surface area contributed by atoms with Crippen LogP contribution in [0.15, 0.2) is 47.1 Å². The third-order valence-corrected chi connectivity index (χ3v) is 4.30. The number of nitrogens with zero attached hydrogens (tertiary/aromatic N) is 1. The van der Waals surface area contributed by atoms with Crippen molar-refractivity contribution in [2.24, 2.45) is 0 Å². The average molecular weight is 362 g/mol. The molecule has 25 heavy (non-hydrogen) atoms. The van der Waals surface area contributed by atoms with Crippen molar-refractivity contribution in [1.29, 1.82) is 0 Å². The monoisotopic (exact) mass is 361 g/mol. The van der Waals surface area contributed by atoms with Crippen LogP contribution in [0.3, 0.4) is 0 Å². The lowest BCUT2D eigenvalue weighted by molar-refractivity contribution is -0.125. The Morgan fingerprint density at radius 3 is 2.64 bits per heavy atom. The van der Waals surface area contributed by atoms with Gasteiger partial charge in [-0.25, -0.2) is 0 Å².